The summed E-state index contributed by atoms with van der Waals surface area (Å²) in [5.41, 5.74) is 4.52. The Hall–Kier alpha value is -1.74. The molecule has 0 aliphatic rings. The quantitative estimate of drug-likeness (QED) is 0.338. The maximum Gasteiger partial charge on any atom is 1.00 e. The van der Waals surface area contributed by atoms with E-state index < -0.39 is 0 Å². The predicted molar refractivity (Wildman–Crippen MR) is 116 cm³/mol. The van der Waals surface area contributed by atoms with E-state index in [0.717, 1.165) is 28.1 Å². The first-order valence-electron chi connectivity index (χ1n) is 9.48. The number of rotatable bonds is 7. The van der Waals surface area contributed by atoms with Crippen LogP contribution in [0.3, 0.4) is 0 Å². The molecule has 1 aromatic heterocycles. The van der Waals surface area contributed by atoms with Crippen LogP contribution in [0.4, 0.5) is 0 Å². The first kappa shape index (κ1) is 24.5. The average molecular weight is 429 g/mol. The third-order valence-corrected chi connectivity index (χ3v) is 4.80. The van der Waals surface area contributed by atoms with Crippen LogP contribution in [0, 0.1) is 0 Å². The number of amidine groups is 1. The van der Waals surface area contributed by atoms with Gasteiger partial charge in [0.2, 0.25) is 5.88 Å². The van der Waals surface area contributed by atoms with Crippen LogP contribution in [0.15, 0.2) is 66.3 Å². The van der Waals surface area contributed by atoms with Crippen LogP contribution in [-0.4, -0.2) is 32.6 Å². The largest absolute Gasteiger partial charge is 1.00 e. The van der Waals surface area contributed by atoms with E-state index in [1.54, 1.807) is 7.05 Å². The van der Waals surface area contributed by atoms with Gasteiger partial charge in [-0.1, -0.05) is 74.5 Å². The molecule has 0 saturated carbocycles. The summed E-state index contributed by atoms with van der Waals surface area (Å²) >= 11 is 0. The molecule has 1 heterocycles. The van der Waals surface area contributed by atoms with E-state index >= 15 is 0 Å². The third-order valence-electron chi connectivity index (χ3n) is 4.80. The van der Waals surface area contributed by atoms with E-state index in [4.69, 9.17) is 0 Å². The van der Waals surface area contributed by atoms with Gasteiger partial charge in [0, 0.05) is 13.0 Å². The number of aliphatic imine (C=N–C) groups is 1. The number of aliphatic hydroxyl groups excluding tert-OH is 1. The molecular weight excluding hydrogens is 403 g/mol. The van der Waals surface area contributed by atoms with Crippen molar-refractivity contribution in [2.75, 3.05) is 7.05 Å². The second-order valence-electron chi connectivity index (χ2n) is 6.50. The summed E-state index contributed by atoms with van der Waals surface area (Å²) in [5, 5.41) is 23.8. The normalized spacial score (nSPS) is 11.1. The van der Waals surface area contributed by atoms with Crippen molar-refractivity contribution in [2.24, 2.45) is 4.99 Å². The summed E-state index contributed by atoms with van der Waals surface area (Å²) in [5.74, 6) is 1.27. The fourth-order valence-corrected chi connectivity index (χ4v) is 3.37. The average Bonchev–Trinajstić information content (AvgIpc) is 3.06. The van der Waals surface area contributed by atoms with E-state index in [1.165, 1.54) is 6.20 Å². The summed E-state index contributed by atoms with van der Waals surface area (Å²) in [6.07, 6.45) is 2.16. The minimum atomic E-state index is -0.254. The second-order valence-corrected chi connectivity index (χ2v) is 6.50. The van der Waals surface area contributed by atoms with E-state index in [0.29, 0.717) is 24.5 Å². The van der Waals surface area contributed by atoms with Crippen molar-refractivity contribution >= 4 is 5.84 Å². The minimum absolute atomic E-state index is 0. The van der Waals surface area contributed by atoms with Gasteiger partial charge in [-0.15, -0.1) is 6.58 Å². The number of aliphatic hydroxyl groups is 1. The maximum atomic E-state index is 9.94. The Morgan fingerprint density at radius 1 is 1.20 bits per heavy atom. The second kappa shape index (κ2) is 11.6. The summed E-state index contributed by atoms with van der Waals surface area (Å²) in [7, 11) is 1.72. The topological polar surface area (TPSA) is 84.7 Å². The molecule has 3 rings (SSSR count). The molecule has 0 fully saturated rings. The number of nitrogens with zero attached hydrogens (tertiary/aromatic N) is 4. The summed E-state index contributed by atoms with van der Waals surface area (Å²) in [6.45, 7) is 5.92. The van der Waals surface area contributed by atoms with Crippen molar-refractivity contribution < 1.29 is 61.6 Å². The van der Waals surface area contributed by atoms with Crippen LogP contribution in [0.1, 0.15) is 29.6 Å². The molecule has 3 aromatic rings. The van der Waals surface area contributed by atoms with Crippen LogP contribution < -0.4 is 51.4 Å². The number of benzene rings is 2. The van der Waals surface area contributed by atoms with E-state index in [1.807, 2.05) is 47.9 Å². The van der Waals surface area contributed by atoms with Gasteiger partial charge in [0.15, 0.2) is 0 Å². The molecule has 0 saturated heterocycles. The molecule has 0 bridgehead atoms. The van der Waals surface area contributed by atoms with Gasteiger partial charge >= 0.3 is 51.4 Å². The smallest absolute Gasteiger partial charge is 0.492 e. The SMILES string of the molecule is C=C[N-]C(=NC)c1ccccc1-c1ccc(Cn2c(CC)nc(O)c2CO)cc1.[K+]. The van der Waals surface area contributed by atoms with Gasteiger partial charge in [-0.2, -0.15) is 4.98 Å². The van der Waals surface area contributed by atoms with Crippen molar-refractivity contribution in [1.29, 1.82) is 0 Å². The van der Waals surface area contributed by atoms with Gasteiger partial charge in [-0.05, 0) is 22.3 Å². The molecule has 2 N–H and O–H groups in total. The van der Waals surface area contributed by atoms with Crippen molar-refractivity contribution in [1.82, 2.24) is 9.55 Å². The van der Waals surface area contributed by atoms with Gasteiger partial charge in [0.25, 0.3) is 0 Å². The molecule has 6 nitrogen and oxygen atoms in total. The van der Waals surface area contributed by atoms with Crippen molar-refractivity contribution in [3.63, 3.8) is 0 Å². The molecule has 0 aliphatic carbocycles. The molecule has 0 atom stereocenters. The molecule has 7 heteroatoms. The number of aromatic hydroxyl groups is 1. The number of aryl methyl sites for hydroxylation is 1. The zero-order chi connectivity index (χ0) is 20.8. The Bertz CT molecular complexity index is 1030. The summed E-state index contributed by atoms with van der Waals surface area (Å²) < 4.78 is 1.86. The summed E-state index contributed by atoms with van der Waals surface area (Å²) in [4.78, 5) is 8.42. The Balaban J connectivity index is 0.00000320. The van der Waals surface area contributed by atoms with Crippen LogP contribution in [0.25, 0.3) is 16.4 Å². The monoisotopic (exact) mass is 428 g/mol. The molecule has 0 spiro atoms. The van der Waals surface area contributed by atoms with Crippen LogP contribution in [-0.2, 0) is 19.6 Å². The van der Waals surface area contributed by atoms with Crippen molar-refractivity contribution in [3.8, 4) is 17.0 Å². The zero-order valence-corrected chi connectivity index (χ0v) is 20.8. The number of aromatic nitrogens is 2. The number of hydrogen-bond donors (Lipinski definition) is 2. The Morgan fingerprint density at radius 2 is 1.90 bits per heavy atom. The van der Waals surface area contributed by atoms with E-state index in [2.05, 4.69) is 34.0 Å². The Morgan fingerprint density at radius 3 is 2.50 bits per heavy atom. The fourth-order valence-electron chi connectivity index (χ4n) is 3.37. The fraction of sp³-hybridized carbons (Fsp3) is 0.217. The maximum absolute atomic E-state index is 9.94. The van der Waals surface area contributed by atoms with Gasteiger partial charge in [0.05, 0.1) is 6.61 Å². The van der Waals surface area contributed by atoms with Crippen LogP contribution in [0.5, 0.6) is 5.88 Å². The van der Waals surface area contributed by atoms with E-state index in [9.17, 15) is 10.2 Å². The molecule has 30 heavy (non-hydrogen) atoms. The molecule has 0 unspecified atom stereocenters. The molecule has 0 amide bonds. The minimum Gasteiger partial charge on any atom is -0.492 e. The van der Waals surface area contributed by atoms with Crippen molar-refractivity contribution in [3.05, 3.63) is 89.3 Å². The first-order valence-corrected chi connectivity index (χ1v) is 9.48. The Labute approximate surface area is 219 Å². The Kier molecular flexibility index (Phi) is 9.48. The number of hydrogen-bond acceptors (Lipinski definition) is 4. The molecule has 2 aromatic carbocycles. The van der Waals surface area contributed by atoms with Crippen LogP contribution in [0.2, 0.25) is 0 Å². The number of imidazole rings is 1. The zero-order valence-electron chi connectivity index (χ0n) is 17.7. The van der Waals surface area contributed by atoms with E-state index in [-0.39, 0.29) is 63.9 Å². The van der Waals surface area contributed by atoms with Crippen LogP contribution >= 0.6 is 0 Å². The molecule has 150 valence electrons. The standard InChI is InChI=1S/C23H25N4O2.K/c1-4-21-26-23(29)20(15-28)27(21)14-16-10-12-17(13-11-16)18-8-6-7-9-19(18)22(24-3)25-5-2;/h5-13,28H,2,4,14-15H2,1,3H3,(H-,24,25,29);/q-1;+1. The van der Waals surface area contributed by atoms with Crippen molar-refractivity contribution in [2.45, 2.75) is 26.5 Å². The molecular formula is C23H25KN4O2. The van der Waals surface area contributed by atoms with Gasteiger partial charge in [-0.3, -0.25) is 0 Å². The molecule has 0 aliphatic heterocycles. The predicted octanol–water partition coefficient (Wildman–Crippen LogP) is 1.26. The molecule has 0 radical (unpaired) electrons. The first-order chi connectivity index (χ1) is 14.1. The van der Waals surface area contributed by atoms with Gasteiger partial charge in [0.1, 0.15) is 11.5 Å². The third kappa shape index (κ3) is 5.29. The van der Waals surface area contributed by atoms with Gasteiger partial charge in [-0.25, -0.2) is 0 Å². The van der Waals surface area contributed by atoms with Gasteiger partial charge < -0.3 is 25.1 Å². The summed E-state index contributed by atoms with van der Waals surface area (Å²) in [6, 6.07) is 16.2.